The fourth-order valence-electron chi connectivity index (χ4n) is 18.2. The third kappa shape index (κ3) is 16.6. The Morgan fingerprint density at radius 2 is 0.992 bits per heavy atom. The first-order valence-corrected chi connectivity index (χ1v) is 39.8. The van der Waals surface area contributed by atoms with Crippen molar-refractivity contribution in [2.24, 2.45) is 11.3 Å². The maximum atomic E-state index is 17.1. The first-order valence-electron chi connectivity index (χ1n) is 39.8. The second-order valence-electron chi connectivity index (χ2n) is 32.2. The molecule has 0 aromatic heterocycles. The summed E-state index contributed by atoms with van der Waals surface area (Å²) in [5, 5.41) is 24.4. The molecule has 2 bridgehead atoms. The summed E-state index contributed by atoms with van der Waals surface area (Å²) < 4.78 is 67.9. The van der Waals surface area contributed by atoms with E-state index >= 15 is 14.4 Å². The zero-order valence-corrected chi connectivity index (χ0v) is 66.7. The van der Waals surface area contributed by atoms with E-state index in [4.69, 9.17) is 52.1 Å². The molecule has 3 fully saturated rings. The number of hydrogen-bond acceptors (Lipinski definition) is 23. The highest BCUT2D eigenvalue weighted by molar-refractivity contribution is 5.96. The number of ether oxygens (including phenoxy) is 11. The molecule has 1 saturated heterocycles. The van der Waals surface area contributed by atoms with E-state index < -0.39 is 189 Å². The summed E-state index contributed by atoms with van der Waals surface area (Å²) in [5.74, 6) is -10.6. The minimum atomic E-state index is -2.66. The van der Waals surface area contributed by atoms with Crippen molar-refractivity contribution in [3.63, 3.8) is 0 Å². The Bertz CT molecular complexity index is 5240. The van der Waals surface area contributed by atoms with Gasteiger partial charge in [0.15, 0.2) is 17.2 Å². The number of ketones is 2. The molecule has 120 heavy (non-hydrogen) atoms. The molecule has 27 heteroatoms. The average molecular weight is 1630 g/mol. The van der Waals surface area contributed by atoms with Gasteiger partial charge < -0.3 is 78.5 Å². The molecule has 5 N–H and O–H groups in total. The van der Waals surface area contributed by atoms with E-state index in [0.29, 0.717) is 0 Å². The number of aliphatic hydroxyl groups is 1. The van der Waals surface area contributed by atoms with Crippen LogP contribution in [-0.2, 0) is 80.9 Å². The van der Waals surface area contributed by atoms with E-state index in [0.717, 1.165) is 73.7 Å². The number of amides is 4. The molecule has 1 aliphatic heterocycles. The van der Waals surface area contributed by atoms with Crippen LogP contribution in [0.4, 0.5) is 19.2 Å². The number of nitrogens with one attached hydrogen (secondary N) is 4. The smallest absolute Gasteiger partial charge is 0.408 e. The van der Waals surface area contributed by atoms with Gasteiger partial charge in [-0.15, -0.1) is 0 Å². The third-order valence-electron chi connectivity index (χ3n) is 23.6. The monoisotopic (exact) mass is 1630 g/mol. The number of rotatable bonds is 25. The minimum Gasteiger partial charge on any atom is -0.460 e. The summed E-state index contributed by atoms with van der Waals surface area (Å²) in [6.07, 6.45) is -17.3. The number of hydrogen-bond donors (Lipinski definition) is 5. The number of benzene rings is 8. The maximum Gasteiger partial charge on any atom is 0.408 e. The SMILES string of the molecule is CC(=O)O[C@@]12COC1C[C@H](OC(=O)CNC(=O)OCC1c3ccccc3-c3ccccc31)C1(C)C(=O)[C@H](OCC(=O)CNC(=O)OCC3c4ccccc4-c4ccccc43)C3=C(C)[C@@H](OC(=O)[C@H](OC(=O)CNC(=O)OCC4c5ccccc5-c5ccccc54)[C@@H](NC(=O)OC(C)(C)C)c4ccccc4)C[C@](O)(C3)[C@@H](OC(=O)c3ccccc3)C12. The van der Waals surface area contributed by atoms with Gasteiger partial charge in [-0.1, -0.05) is 194 Å². The van der Waals surface area contributed by atoms with Gasteiger partial charge in [-0.3, -0.25) is 24.0 Å². The molecule has 15 rings (SSSR count). The minimum absolute atomic E-state index is 0.0275. The lowest BCUT2D eigenvalue weighted by Gasteiger charge is -2.65. The van der Waals surface area contributed by atoms with Gasteiger partial charge in [0.25, 0.3) is 0 Å². The second-order valence-corrected chi connectivity index (χ2v) is 32.2. The summed E-state index contributed by atoms with van der Waals surface area (Å²) >= 11 is 0. The van der Waals surface area contributed by atoms with Crippen molar-refractivity contribution in [3.8, 4) is 33.4 Å². The van der Waals surface area contributed by atoms with Crippen LogP contribution in [0.5, 0.6) is 0 Å². The highest BCUT2D eigenvalue weighted by Gasteiger charge is 2.77. The zero-order valence-electron chi connectivity index (χ0n) is 66.7. The Morgan fingerprint density at radius 1 is 0.550 bits per heavy atom. The predicted octanol–water partition coefficient (Wildman–Crippen LogP) is 11.9. The summed E-state index contributed by atoms with van der Waals surface area (Å²) in [5.41, 5.74) is 2.97. The van der Waals surface area contributed by atoms with E-state index in [9.17, 15) is 43.5 Å². The Labute approximate surface area is 691 Å². The molecule has 7 aliphatic rings. The summed E-state index contributed by atoms with van der Waals surface area (Å²) in [6, 6.07) is 59.8. The van der Waals surface area contributed by atoms with Gasteiger partial charge >= 0.3 is 54.2 Å². The number of fused-ring (bicyclic) bond motifs is 14. The topological polar surface area (TPSA) is 358 Å². The Kier molecular flexibility index (Phi) is 23.5. The molecule has 8 aromatic rings. The van der Waals surface area contributed by atoms with Gasteiger partial charge in [0.1, 0.15) is 87.3 Å². The molecule has 8 aromatic carbocycles. The van der Waals surface area contributed by atoms with E-state index in [1.807, 2.05) is 146 Å². The van der Waals surface area contributed by atoms with Crippen molar-refractivity contribution >= 4 is 65.8 Å². The lowest BCUT2D eigenvalue weighted by Crippen LogP contribution is -2.80. The average Bonchev–Trinajstić information content (AvgIpc) is 0.848. The molecule has 0 spiro atoms. The van der Waals surface area contributed by atoms with Gasteiger partial charge in [-0.25, -0.2) is 28.8 Å². The van der Waals surface area contributed by atoms with Crippen molar-refractivity contribution in [3.05, 3.63) is 262 Å². The van der Waals surface area contributed by atoms with Crippen LogP contribution in [0.1, 0.15) is 134 Å². The first kappa shape index (κ1) is 82.3. The largest absolute Gasteiger partial charge is 0.460 e. The number of Topliss-reactive ketones (excluding diaryl/α,β-unsaturated/α-hetero) is 2. The Morgan fingerprint density at radius 3 is 1.44 bits per heavy atom. The molecule has 3 unspecified atom stereocenters. The molecular weight excluding hydrogens is 1540 g/mol. The van der Waals surface area contributed by atoms with Crippen molar-refractivity contribution in [2.45, 2.75) is 138 Å². The van der Waals surface area contributed by atoms with Crippen LogP contribution in [0.15, 0.2) is 217 Å². The number of esters is 5. The van der Waals surface area contributed by atoms with Crippen LogP contribution in [0.25, 0.3) is 33.4 Å². The molecule has 11 atom stereocenters. The second kappa shape index (κ2) is 34.2. The zero-order chi connectivity index (χ0) is 84.4. The lowest BCUT2D eigenvalue weighted by molar-refractivity contribution is -0.341. The molecule has 1 heterocycles. The molecule has 620 valence electrons. The number of carbonyl (C=O) groups is 11. The van der Waals surface area contributed by atoms with Gasteiger partial charge in [-0.05, 0) is 130 Å². The molecule has 4 amide bonds. The van der Waals surface area contributed by atoms with Gasteiger partial charge in [-0.2, -0.15) is 0 Å². The normalized spacial score (nSPS) is 22.6. The van der Waals surface area contributed by atoms with Crippen LogP contribution >= 0.6 is 0 Å². The van der Waals surface area contributed by atoms with E-state index in [1.165, 1.54) is 50.2 Å². The molecule has 27 nitrogen and oxygen atoms in total. The number of carbonyl (C=O) groups excluding carboxylic acids is 11. The molecular formula is C93H90N4O23. The standard InChI is InChI=1S/C93H90N4O23/c1-52-69-42-92(109,43-73(52)115-85(104)80(78(54-25-9-7-10-26-54)97-89(108)120-90(3,4)5)117-77(101)46-96-88(107)113-50-72-67-39-23-17-33-61(67)62-34-18-24-40-68(62)72)83(118-84(103)55-27-11-8-12-28-55)81-91(6,82(102)79(69)110-47-56(99)44-94-86(105)111-48-70-63-35-19-13-29-57(63)58-30-14-20-36-64(58)70)74(41-75-93(81,51-114-75)119-53(2)98)116-76(100)45-95-87(106)112-49-71-65-37-21-15-31-59(65)60-32-16-22-38-66(60)71/h7-40,70-75,78-81,83,109H,41-51H2,1-6H3,(H,94,105)(H,95,106)(H,96,107)(H,97,108)/t73-,74-,75?,78-,79+,80+,81?,83-,91?,92+,93-/m0/s1. The van der Waals surface area contributed by atoms with Crippen molar-refractivity contribution in [1.29, 1.82) is 0 Å². The number of alkyl carbamates (subject to hydrolysis) is 4. The first-order chi connectivity index (χ1) is 57.7. The fourth-order valence-corrected chi connectivity index (χ4v) is 18.2. The van der Waals surface area contributed by atoms with Crippen LogP contribution in [0.3, 0.4) is 0 Å². The van der Waals surface area contributed by atoms with Crippen LogP contribution in [0, 0.1) is 11.3 Å². The van der Waals surface area contributed by atoms with Gasteiger partial charge in [0, 0.05) is 43.9 Å². The van der Waals surface area contributed by atoms with Crippen molar-refractivity contribution < 1.29 is 110 Å². The summed E-state index contributed by atoms with van der Waals surface area (Å²) in [4.78, 5) is 161. The fraction of sp³-hybridized carbons (Fsp3) is 0.344. The van der Waals surface area contributed by atoms with Crippen molar-refractivity contribution in [1.82, 2.24) is 21.3 Å². The molecule has 2 saturated carbocycles. The Hall–Kier alpha value is -12.9. The van der Waals surface area contributed by atoms with Crippen LogP contribution in [0.2, 0.25) is 0 Å². The maximum absolute atomic E-state index is 17.1. The summed E-state index contributed by atoms with van der Waals surface area (Å²) in [7, 11) is 0. The molecule has 0 radical (unpaired) electrons. The highest BCUT2D eigenvalue weighted by atomic mass is 16.6. The highest BCUT2D eigenvalue weighted by Crippen LogP contribution is 2.62. The predicted molar refractivity (Wildman–Crippen MR) is 430 cm³/mol. The van der Waals surface area contributed by atoms with E-state index in [-0.39, 0.29) is 59.8 Å². The van der Waals surface area contributed by atoms with Crippen LogP contribution in [-0.4, -0.2) is 177 Å². The lowest BCUT2D eigenvalue weighted by atomic mass is 9.48. The quantitative estimate of drug-likeness (QED) is 0.0202. The van der Waals surface area contributed by atoms with Gasteiger partial charge in [0.05, 0.1) is 30.0 Å². The van der Waals surface area contributed by atoms with Gasteiger partial charge in [0.2, 0.25) is 6.10 Å². The summed E-state index contributed by atoms with van der Waals surface area (Å²) in [6.45, 7) is 4.24. The third-order valence-corrected chi connectivity index (χ3v) is 23.6. The Balaban J connectivity index is 0.764. The van der Waals surface area contributed by atoms with E-state index in [1.54, 1.807) is 45.0 Å². The van der Waals surface area contributed by atoms with Crippen LogP contribution < -0.4 is 21.3 Å². The van der Waals surface area contributed by atoms with E-state index in [2.05, 4.69) is 21.3 Å². The molecule has 6 aliphatic carbocycles. The van der Waals surface area contributed by atoms with Crippen molar-refractivity contribution in [2.75, 3.05) is 52.7 Å².